The Bertz CT molecular complexity index is 453. The molecule has 0 aliphatic heterocycles. The highest BCUT2D eigenvalue weighted by Gasteiger charge is 2.28. The number of carbonyl (C=O) groups is 1. The summed E-state index contributed by atoms with van der Waals surface area (Å²) < 4.78 is 27.3. The van der Waals surface area contributed by atoms with Crippen molar-refractivity contribution >= 4 is 19.1 Å². The summed E-state index contributed by atoms with van der Waals surface area (Å²) in [4.78, 5) is 14.5. The van der Waals surface area contributed by atoms with E-state index in [4.69, 9.17) is 14.8 Å². The van der Waals surface area contributed by atoms with Crippen LogP contribution in [0.2, 0.25) is 0 Å². The van der Waals surface area contributed by atoms with Gasteiger partial charge in [-0.25, -0.2) is 9.78 Å². The number of hydrogen-bond donors (Lipinski definition) is 1. The van der Waals surface area contributed by atoms with Crippen molar-refractivity contribution in [2.45, 2.75) is 20.5 Å². The summed E-state index contributed by atoms with van der Waals surface area (Å²) in [6.45, 7) is 3.97. The van der Waals surface area contributed by atoms with E-state index in [2.05, 4.69) is 9.72 Å². The number of rotatable bonds is 7. The van der Waals surface area contributed by atoms with Crippen LogP contribution in [0.25, 0.3) is 0 Å². The molecule has 0 radical (unpaired) electrons. The van der Waals surface area contributed by atoms with Crippen molar-refractivity contribution in [3.05, 3.63) is 23.9 Å². The van der Waals surface area contributed by atoms with Crippen molar-refractivity contribution in [3.63, 3.8) is 0 Å². The maximum atomic E-state index is 12.4. The van der Waals surface area contributed by atoms with Crippen LogP contribution in [-0.4, -0.2) is 24.3 Å². The van der Waals surface area contributed by atoms with Gasteiger partial charge in [0.2, 0.25) is 0 Å². The molecule has 106 valence electrons. The zero-order valence-corrected chi connectivity index (χ0v) is 11.8. The SMILES string of the molecule is CCOP(=O)(OCC)c1ccc(COC(N)=O)cn1. The summed E-state index contributed by atoms with van der Waals surface area (Å²) in [7, 11) is -3.37. The number of pyridine rings is 1. The Kier molecular flexibility index (Phi) is 5.95. The van der Waals surface area contributed by atoms with Crippen LogP contribution in [0.5, 0.6) is 0 Å². The summed E-state index contributed by atoms with van der Waals surface area (Å²) in [5, 5.41) is 0. The van der Waals surface area contributed by atoms with Gasteiger partial charge in [0.05, 0.1) is 13.2 Å². The number of nitrogens with zero attached hydrogens (tertiary/aromatic N) is 1. The average Bonchev–Trinajstić information content (AvgIpc) is 2.37. The molecule has 8 heteroatoms. The molecule has 0 unspecified atom stereocenters. The largest absolute Gasteiger partial charge is 0.445 e. The van der Waals surface area contributed by atoms with E-state index >= 15 is 0 Å². The molecule has 0 bridgehead atoms. The standard InChI is InChI=1S/C11H17N2O5P/c1-3-17-19(15,18-4-2)10-6-5-9(7-13-10)8-16-11(12)14/h5-7H,3-4,8H2,1-2H3,(H2,12,14). The van der Waals surface area contributed by atoms with Gasteiger partial charge in [-0.3, -0.25) is 4.57 Å². The molecule has 0 spiro atoms. The number of carbonyl (C=O) groups excluding carboxylic acids is 1. The predicted octanol–water partition coefficient (Wildman–Crippen LogP) is 1.57. The van der Waals surface area contributed by atoms with Crippen molar-refractivity contribution < 1.29 is 23.1 Å². The predicted molar refractivity (Wildman–Crippen MR) is 69.1 cm³/mol. The molecule has 0 saturated heterocycles. The van der Waals surface area contributed by atoms with Crippen molar-refractivity contribution in [1.29, 1.82) is 0 Å². The van der Waals surface area contributed by atoms with E-state index in [0.29, 0.717) is 5.56 Å². The number of hydrogen-bond acceptors (Lipinski definition) is 6. The van der Waals surface area contributed by atoms with Gasteiger partial charge in [-0.15, -0.1) is 0 Å². The molecule has 19 heavy (non-hydrogen) atoms. The van der Waals surface area contributed by atoms with Gasteiger partial charge in [0.25, 0.3) is 0 Å². The summed E-state index contributed by atoms with van der Waals surface area (Å²) in [6.07, 6.45) is 0.571. The third-order valence-electron chi connectivity index (χ3n) is 2.07. The van der Waals surface area contributed by atoms with Crippen molar-refractivity contribution in [3.8, 4) is 0 Å². The first-order valence-electron chi connectivity index (χ1n) is 5.78. The Morgan fingerprint density at radius 3 is 2.37 bits per heavy atom. The number of primary amides is 1. The maximum absolute atomic E-state index is 12.4. The monoisotopic (exact) mass is 288 g/mol. The van der Waals surface area contributed by atoms with Crippen LogP contribution >= 0.6 is 7.60 Å². The Morgan fingerprint density at radius 2 is 1.95 bits per heavy atom. The molecule has 1 aromatic heterocycles. The minimum atomic E-state index is -3.37. The molecule has 1 aromatic rings. The molecular formula is C11H17N2O5P. The van der Waals surface area contributed by atoms with E-state index in [1.165, 1.54) is 12.3 Å². The zero-order valence-electron chi connectivity index (χ0n) is 10.9. The lowest BCUT2D eigenvalue weighted by Gasteiger charge is -2.16. The molecule has 0 atom stereocenters. The Labute approximate surface area is 111 Å². The first kappa shape index (κ1) is 15.6. The van der Waals surface area contributed by atoms with Crippen LogP contribution in [-0.2, 0) is 25.0 Å². The number of aromatic nitrogens is 1. The quantitative estimate of drug-likeness (QED) is 0.764. The molecule has 2 N–H and O–H groups in total. The first-order chi connectivity index (χ1) is 9.01. The lowest BCUT2D eigenvalue weighted by molar-refractivity contribution is 0.150. The van der Waals surface area contributed by atoms with Crippen LogP contribution in [0.4, 0.5) is 4.79 Å². The van der Waals surface area contributed by atoms with E-state index in [-0.39, 0.29) is 25.3 Å². The molecular weight excluding hydrogens is 271 g/mol. The highest BCUT2D eigenvalue weighted by molar-refractivity contribution is 7.61. The number of ether oxygens (including phenoxy) is 1. The molecule has 0 saturated carbocycles. The molecule has 1 heterocycles. The van der Waals surface area contributed by atoms with Crippen LogP contribution < -0.4 is 11.2 Å². The van der Waals surface area contributed by atoms with Gasteiger partial charge in [0.1, 0.15) is 6.61 Å². The van der Waals surface area contributed by atoms with Crippen molar-refractivity contribution in [1.82, 2.24) is 4.98 Å². The van der Waals surface area contributed by atoms with E-state index in [1.807, 2.05) is 0 Å². The fourth-order valence-corrected chi connectivity index (χ4v) is 2.80. The molecule has 0 aliphatic carbocycles. The van der Waals surface area contributed by atoms with Crippen molar-refractivity contribution in [2.24, 2.45) is 5.73 Å². The van der Waals surface area contributed by atoms with E-state index in [1.54, 1.807) is 19.9 Å². The minimum absolute atomic E-state index is 0.0101. The molecule has 7 nitrogen and oxygen atoms in total. The fraction of sp³-hybridized carbons (Fsp3) is 0.455. The van der Waals surface area contributed by atoms with E-state index < -0.39 is 13.7 Å². The second kappa shape index (κ2) is 7.23. The van der Waals surface area contributed by atoms with E-state index in [0.717, 1.165) is 0 Å². The second-order valence-electron chi connectivity index (χ2n) is 3.47. The van der Waals surface area contributed by atoms with Gasteiger partial charge in [0.15, 0.2) is 5.44 Å². The van der Waals surface area contributed by atoms with Gasteiger partial charge >= 0.3 is 13.7 Å². The first-order valence-corrected chi connectivity index (χ1v) is 7.33. The van der Waals surface area contributed by atoms with Gasteiger partial charge in [-0.05, 0) is 19.9 Å². The summed E-state index contributed by atoms with van der Waals surface area (Å²) in [6, 6.07) is 3.14. The fourth-order valence-electron chi connectivity index (χ4n) is 1.33. The van der Waals surface area contributed by atoms with Crippen LogP contribution in [0.1, 0.15) is 19.4 Å². The highest BCUT2D eigenvalue weighted by Crippen LogP contribution is 2.45. The van der Waals surface area contributed by atoms with Crippen LogP contribution in [0.15, 0.2) is 18.3 Å². The zero-order chi connectivity index (χ0) is 14.3. The third kappa shape index (κ3) is 4.63. The third-order valence-corrected chi connectivity index (χ3v) is 4.09. The minimum Gasteiger partial charge on any atom is -0.445 e. The summed E-state index contributed by atoms with van der Waals surface area (Å²) >= 11 is 0. The van der Waals surface area contributed by atoms with E-state index in [9.17, 15) is 9.36 Å². The molecule has 0 fully saturated rings. The average molecular weight is 288 g/mol. The smallest absolute Gasteiger partial charge is 0.404 e. The normalized spacial score (nSPS) is 11.3. The molecule has 1 rings (SSSR count). The van der Waals surface area contributed by atoms with Crippen LogP contribution in [0.3, 0.4) is 0 Å². The summed E-state index contributed by atoms with van der Waals surface area (Å²) in [5.74, 6) is 0. The molecule has 0 aromatic carbocycles. The lowest BCUT2D eigenvalue weighted by Crippen LogP contribution is -2.16. The van der Waals surface area contributed by atoms with Gasteiger partial charge in [-0.2, -0.15) is 0 Å². The Morgan fingerprint density at radius 1 is 1.32 bits per heavy atom. The second-order valence-corrected chi connectivity index (χ2v) is 5.43. The van der Waals surface area contributed by atoms with Gasteiger partial charge in [0, 0.05) is 11.8 Å². The maximum Gasteiger partial charge on any atom is 0.404 e. The highest BCUT2D eigenvalue weighted by atomic mass is 31.2. The molecule has 0 aliphatic rings. The molecule has 1 amide bonds. The van der Waals surface area contributed by atoms with Gasteiger partial charge < -0.3 is 19.5 Å². The summed E-state index contributed by atoms with van der Waals surface area (Å²) in [5.41, 5.74) is 5.70. The van der Waals surface area contributed by atoms with Gasteiger partial charge in [-0.1, -0.05) is 6.07 Å². The number of amides is 1. The lowest BCUT2D eigenvalue weighted by atomic mass is 10.3. The number of nitrogens with two attached hydrogens (primary N) is 1. The van der Waals surface area contributed by atoms with Crippen LogP contribution in [0, 0.1) is 0 Å². The topological polar surface area (TPSA) is 101 Å². The Balaban J connectivity index is 2.83. The Hall–Kier alpha value is -1.43. The van der Waals surface area contributed by atoms with Crippen molar-refractivity contribution in [2.75, 3.05) is 13.2 Å².